The van der Waals surface area contributed by atoms with Crippen LogP contribution in [0.2, 0.25) is 0 Å². The standard InChI is InChI=1S/C15H22O6/c1-2-18-11(16)7-6-10-12(17)13-14(19-10)21-15(20-13)8-4-3-5-9-15/h6-7,10,12-14,17H,2-5,8-9H2,1H3/b7-6-/t10-,12+,13-,14-/m1/s1. The van der Waals surface area contributed by atoms with Gasteiger partial charge in [0.15, 0.2) is 12.1 Å². The number of rotatable bonds is 3. The van der Waals surface area contributed by atoms with Crippen LogP contribution in [0.1, 0.15) is 39.0 Å². The first-order valence-electron chi connectivity index (χ1n) is 7.68. The minimum absolute atomic E-state index is 0.317. The first-order valence-corrected chi connectivity index (χ1v) is 7.68. The molecule has 3 aliphatic rings. The molecule has 1 N–H and O–H groups in total. The molecule has 0 unspecified atom stereocenters. The zero-order valence-electron chi connectivity index (χ0n) is 12.2. The van der Waals surface area contributed by atoms with E-state index in [9.17, 15) is 9.90 Å². The van der Waals surface area contributed by atoms with Gasteiger partial charge in [-0.15, -0.1) is 0 Å². The molecule has 2 aliphatic heterocycles. The molecular formula is C15H22O6. The van der Waals surface area contributed by atoms with Crippen LogP contribution >= 0.6 is 0 Å². The molecule has 1 saturated carbocycles. The molecular weight excluding hydrogens is 276 g/mol. The highest BCUT2D eigenvalue weighted by molar-refractivity contribution is 5.81. The Bertz CT molecular complexity index is 414. The van der Waals surface area contributed by atoms with E-state index < -0.39 is 36.4 Å². The third-order valence-electron chi connectivity index (χ3n) is 4.24. The highest BCUT2D eigenvalue weighted by Crippen LogP contribution is 2.45. The van der Waals surface area contributed by atoms with E-state index in [1.807, 2.05) is 0 Å². The largest absolute Gasteiger partial charge is 0.463 e. The van der Waals surface area contributed by atoms with Crippen molar-refractivity contribution in [2.75, 3.05) is 6.61 Å². The van der Waals surface area contributed by atoms with Gasteiger partial charge in [-0.3, -0.25) is 0 Å². The van der Waals surface area contributed by atoms with Crippen LogP contribution in [0.5, 0.6) is 0 Å². The number of fused-ring (bicyclic) bond motifs is 1. The topological polar surface area (TPSA) is 74.2 Å². The van der Waals surface area contributed by atoms with Crippen LogP contribution in [0.4, 0.5) is 0 Å². The number of aliphatic hydroxyl groups is 1. The zero-order valence-corrected chi connectivity index (χ0v) is 12.2. The number of hydrogen-bond donors (Lipinski definition) is 1. The number of carbonyl (C=O) groups excluding carboxylic acids is 1. The molecule has 4 atom stereocenters. The fourth-order valence-corrected chi connectivity index (χ4v) is 3.22. The Kier molecular flexibility index (Phi) is 4.31. The van der Waals surface area contributed by atoms with Crippen molar-refractivity contribution in [1.29, 1.82) is 0 Å². The van der Waals surface area contributed by atoms with Crippen molar-refractivity contribution in [1.82, 2.24) is 0 Å². The molecule has 0 bridgehead atoms. The summed E-state index contributed by atoms with van der Waals surface area (Å²) in [6.07, 6.45) is 5.32. The first-order chi connectivity index (χ1) is 10.1. The van der Waals surface area contributed by atoms with Crippen molar-refractivity contribution in [2.24, 2.45) is 0 Å². The molecule has 21 heavy (non-hydrogen) atoms. The van der Waals surface area contributed by atoms with Crippen LogP contribution < -0.4 is 0 Å². The summed E-state index contributed by atoms with van der Waals surface area (Å²) in [6.45, 7) is 2.06. The van der Waals surface area contributed by atoms with E-state index >= 15 is 0 Å². The summed E-state index contributed by atoms with van der Waals surface area (Å²) >= 11 is 0. The van der Waals surface area contributed by atoms with Crippen LogP contribution in [-0.2, 0) is 23.7 Å². The lowest BCUT2D eigenvalue weighted by molar-refractivity contribution is -0.241. The minimum Gasteiger partial charge on any atom is -0.463 e. The summed E-state index contributed by atoms with van der Waals surface area (Å²) in [6, 6.07) is 0. The van der Waals surface area contributed by atoms with Gasteiger partial charge in [0.25, 0.3) is 0 Å². The molecule has 1 aliphatic carbocycles. The monoisotopic (exact) mass is 298 g/mol. The molecule has 3 fully saturated rings. The molecule has 1 spiro atoms. The number of esters is 1. The van der Waals surface area contributed by atoms with Crippen molar-refractivity contribution in [3.8, 4) is 0 Å². The summed E-state index contributed by atoms with van der Waals surface area (Å²) < 4.78 is 22.3. The lowest BCUT2D eigenvalue weighted by Crippen LogP contribution is -2.38. The van der Waals surface area contributed by atoms with Gasteiger partial charge in [0, 0.05) is 18.9 Å². The lowest BCUT2D eigenvalue weighted by Gasteiger charge is -2.33. The summed E-state index contributed by atoms with van der Waals surface area (Å²) in [5, 5.41) is 10.3. The summed E-state index contributed by atoms with van der Waals surface area (Å²) in [5.74, 6) is -1.03. The van der Waals surface area contributed by atoms with Gasteiger partial charge >= 0.3 is 5.97 Å². The van der Waals surface area contributed by atoms with E-state index in [2.05, 4.69) is 0 Å². The maximum Gasteiger partial charge on any atom is 0.330 e. The number of ether oxygens (including phenoxy) is 4. The highest BCUT2D eigenvalue weighted by atomic mass is 16.8. The Morgan fingerprint density at radius 1 is 1.33 bits per heavy atom. The lowest BCUT2D eigenvalue weighted by atomic mass is 9.94. The molecule has 118 valence electrons. The molecule has 3 rings (SSSR count). The highest BCUT2D eigenvalue weighted by Gasteiger charge is 2.56. The fourth-order valence-electron chi connectivity index (χ4n) is 3.22. The van der Waals surface area contributed by atoms with Crippen molar-refractivity contribution >= 4 is 5.97 Å². The summed E-state index contributed by atoms with van der Waals surface area (Å²) in [7, 11) is 0. The fraction of sp³-hybridized carbons (Fsp3) is 0.800. The maximum absolute atomic E-state index is 11.3. The van der Waals surface area contributed by atoms with E-state index in [0.717, 1.165) is 25.7 Å². The van der Waals surface area contributed by atoms with Crippen molar-refractivity contribution in [3.63, 3.8) is 0 Å². The molecule has 0 amide bonds. The Morgan fingerprint density at radius 3 is 2.76 bits per heavy atom. The normalized spacial score (nSPS) is 38.0. The summed E-state index contributed by atoms with van der Waals surface area (Å²) in [5.41, 5.74) is 0. The van der Waals surface area contributed by atoms with E-state index in [0.29, 0.717) is 6.61 Å². The average molecular weight is 298 g/mol. The quantitative estimate of drug-likeness (QED) is 0.625. The average Bonchev–Trinajstić information content (AvgIpc) is 2.94. The van der Waals surface area contributed by atoms with E-state index in [4.69, 9.17) is 18.9 Å². The molecule has 0 aromatic rings. The number of aliphatic hydroxyl groups excluding tert-OH is 1. The van der Waals surface area contributed by atoms with Gasteiger partial charge in [-0.1, -0.05) is 6.42 Å². The second-order valence-corrected chi connectivity index (χ2v) is 5.74. The molecule has 6 nitrogen and oxygen atoms in total. The van der Waals surface area contributed by atoms with Crippen LogP contribution in [-0.4, -0.2) is 48.1 Å². The van der Waals surface area contributed by atoms with Crippen LogP contribution in [0, 0.1) is 0 Å². The number of carbonyl (C=O) groups is 1. The van der Waals surface area contributed by atoms with Crippen molar-refractivity contribution in [2.45, 2.75) is 69.4 Å². The van der Waals surface area contributed by atoms with Gasteiger partial charge in [-0.05, 0) is 25.8 Å². The first kappa shape index (κ1) is 15.0. The van der Waals surface area contributed by atoms with Gasteiger partial charge < -0.3 is 24.1 Å². The van der Waals surface area contributed by atoms with E-state index in [1.54, 1.807) is 6.92 Å². The molecule has 2 heterocycles. The SMILES string of the molecule is CCOC(=O)/C=C\[C@H]1O[C@@H]2OC3(CCCCC3)O[C@@H]2[C@H]1O. The zero-order chi connectivity index (χ0) is 14.9. The van der Waals surface area contributed by atoms with Gasteiger partial charge in [-0.2, -0.15) is 0 Å². The Labute approximate surface area is 124 Å². The molecule has 0 aromatic carbocycles. The van der Waals surface area contributed by atoms with Crippen molar-refractivity contribution in [3.05, 3.63) is 12.2 Å². The summed E-state index contributed by atoms with van der Waals surface area (Å²) in [4.78, 5) is 11.3. The van der Waals surface area contributed by atoms with Crippen LogP contribution in [0.25, 0.3) is 0 Å². The predicted molar refractivity (Wildman–Crippen MR) is 72.2 cm³/mol. The smallest absolute Gasteiger partial charge is 0.330 e. The Balaban J connectivity index is 1.59. The van der Waals surface area contributed by atoms with Gasteiger partial charge in [0.1, 0.15) is 18.3 Å². The second-order valence-electron chi connectivity index (χ2n) is 5.74. The Hall–Kier alpha value is -0.950. The van der Waals surface area contributed by atoms with Gasteiger partial charge in [-0.25, -0.2) is 4.79 Å². The van der Waals surface area contributed by atoms with E-state index in [1.165, 1.54) is 18.6 Å². The third kappa shape index (κ3) is 2.99. The molecule has 0 aromatic heterocycles. The predicted octanol–water partition coefficient (Wildman–Crippen LogP) is 1.27. The van der Waals surface area contributed by atoms with Gasteiger partial charge in [0.2, 0.25) is 0 Å². The third-order valence-corrected chi connectivity index (χ3v) is 4.24. The van der Waals surface area contributed by atoms with Crippen LogP contribution in [0.3, 0.4) is 0 Å². The second kappa shape index (κ2) is 6.04. The number of hydrogen-bond acceptors (Lipinski definition) is 6. The van der Waals surface area contributed by atoms with Crippen molar-refractivity contribution < 1.29 is 28.8 Å². The molecule has 2 saturated heterocycles. The minimum atomic E-state index is -0.832. The molecule has 6 heteroatoms. The van der Waals surface area contributed by atoms with Gasteiger partial charge in [0.05, 0.1) is 6.61 Å². The van der Waals surface area contributed by atoms with E-state index in [-0.39, 0.29) is 0 Å². The Morgan fingerprint density at radius 2 is 2.10 bits per heavy atom. The maximum atomic E-state index is 11.3. The molecule has 0 radical (unpaired) electrons. The van der Waals surface area contributed by atoms with Crippen LogP contribution in [0.15, 0.2) is 12.2 Å².